The van der Waals surface area contributed by atoms with Gasteiger partial charge in [-0.15, -0.1) is 11.3 Å². The van der Waals surface area contributed by atoms with Gasteiger partial charge in [0.15, 0.2) is 5.13 Å². The highest BCUT2D eigenvalue weighted by Crippen LogP contribution is 2.25. The molecule has 7 nitrogen and oxygen atoms in total. The van der Waals surface area contributed by atoms with Crippen molar-refractivity contribution >= 4 is 33.3 Å². The Morgan fingerprint density at radius 2 is 1.90 bits per heavy atom. The molecule has 3 aromatic heterocycles. The fourth-order valence-electron chi connectivity index (χ4n) is 3.60. The van der Waals surface area contributed by atoms with E-state index in [4.69, 9.17) is 9.72 Å². The molecule has 31 heavy (non-hydrogen) atoms. The highest BCUT2D eigenvalue weighted by atomic mass is 32.1. The SMILES string of the molecule is O=C(Nc1nc(CN2CCOCC2)cs1)c1cc(-c2ccccn2)nc2ccccc12. The van der Waals surface area contributed by atoms with Crippen LogP contribution in [0.25, 0.3) is 22.3 Å². The number of anilines is 1. The number of aromatic nitrogens is 3. The standard InChI is InChI=1S/C23H21N5O2S/c29-22(27-23-25-16(15-31-23)14-28-9-11-30-12-10-28)18-13-21(20-7-3-4-8-24-20)26-19-6-2-1-5-17(18)19/h1-8,13,15H,9-12,14H2,(H,25,27,29). The number of thiazole rings is 1. The largest absolute Gasteiger partial charge is 0.379 e. The van der Waals surface area contributed by atoms with Gasteiger partial charge in [-0.05, 0) is 24.3 Å². The molecule has 8 heteroatoms. The van der Waals surface area contributed by atoms with E-state index < -0.39 is 0 Å². The van der Waals surface area contributed by atoms with Gasteiger partial charge in [0.1, 0.15) is 0 Å². The van der Waals surface area contributed by atoms with Crippen LogP contribution in [-0.4, -0.2) is 52.1 Å². The Morgan fingerprint density at radius 3 is 2.74 bits per heavy atom. The van der Waals surface area contributed by atoms with E-state index >= 15 is 0 Å². The second-order valence-corrected chi connectivity index (χ2v) is 8.13. The number of benzene rings is 1. The van der Waals surface area contributed by atoms with Crippen LogP contribution in [0.2, 0.25) is 0 Å². The van der Waals surface area contributed by atoms with Crippen LogP contribution in [0.1, 0.15) is 16.1 Å². The number of fused-ring (bicyclic) bond motifs is 1. The molecule has 4 heterocycles. The molecule has 4 aromatic rings. The van der Waals surface area contributed by atoms with Gasteiger partial charge in [-0.25, -0.2) is 9.97 Å². The molecule has 0 atom stereocenters. The zero-order valence-corrected chi connectivity index (χ0v) is 17.6. The molecular weight excluding hydrogens is 410 g/mol. The predicted molar refractivity (Wildman–Crippen MR) is 121 cm³/mol. The zero-order chi connectivity index (χ0) is 21.0. The number of morpholine rings is 1. The number of nitrogens with zero attached hydrogens (tertiary/aromatic N) is 4. The van der Waals surface area contributed by atoms with Crippen molar-refractivity contribution in [2.75, 3.05) is 31.6 Å². The van der Waals surface area contributed by atoms with Gasteiger partial charge in [0, 0.05) is 36.6 Å². The maximum absolute atomic E-state index is 13.2. The van der Waals surface area contributed by atoms with Crippen molar-refractivity contribution in [3.8, 4) is 11.4 Å². The topological polar surface area (TPSA) is 80.2 Å². The normalized spacial score (nSPS) is 14.6. The van der Waals surface area contributed by atoms with Crippen molar-refractivity contribution in [1.29, 1.82) is 0 Å². The van der Waals surface area contributed by atoms with Crippen molar-refractivity contribution in [3.05, 3.63) is 71.4 Å². The number of rotatable bonds is 5. The lowest BCUT2D eigenvalue weighted by atomic mass is 10.1. The first-order chi connectivity index (χ1) is 15.3. The monoisotopic (exact) mass is 431 g/mol. The lowest BCUT2D eigenvalue weighted by Crippen LogP contribution is -2.35. The third-order valence-electron chi connectivity index (χ3n) is 5.15. The quantitative estimate of drug-likeness (QED) is 0.517. The first-order valence-electron chi connectivity index (χ1n) is 10.1. The Morgan fingerprint density at radius 1 is 1.06 bits per heavy atom. The molecule has 1 saturated heterocycles. The fourth-order valence-corrected chi connectivity index (χ4v) is 4.30. The number of hydrogen-bond acceptors (Lipinski definition) is 7. The molecular formula is C23H21N5O2S. The lowest BCUT2D eigenvalue weighted by Gasteiger charge is -2.25. The van der Waals surface area contributed by atoms with E-state index in [-0.39, 0.29) is 5.91 Å². The van der Waals surface area contributed by atoms with E-state index in [1.54, 1.807) is 12.3 Å². The van der Waals surface area contributed by atoms with Gasteiger partial charge >= 0.3 is 0 Å². The number of carbonyl (C=O) groups is 1. The average molecular weight is 432 g/mol. The summed E-state index contributed by atoms with van der Waals surface area (Å²) in [4.78, 5) is 29.2. The lowest BCUT2D eigenvalue weighted by molar-refractivity contribution is 0.0337. The molecule has 1 N–H and O–H groups in total. The minimum atomic E-state index is -0.206. The Kier molecular flexibility index (Phi) is 5.66. The van der Waals surface area contributed by atoms with Crippen LogP contribution in [0, 0.1) is 0 Å². The average Bonchev–Trinajstić information content (AvgIpc) is 3.26. The first-order valence-corrected chi connectivity index (χ1v) is 11.0. The van der Waals surface area contributed by atoms with E-state index in [0.717, 1.165) is 55.1 Å². The van der Waals surface area contributed by atoms with Crippen LogP contribution in [0.15, 0.2) is 60.1 Å². The van der Waals surface area contributed by atoms with Crippen molar-refractivity contribution in [2.45, 2.75) is 6.54 Å². The van der Waals surface area contributed by atoms with Crippen LogP contribution >= 0.6 is 11.3 Å². The maximum atomic E-state index is 13.2. The number of pyridine rings is 2. The van der Waals surface area contributed by atoms with Gasteiger partial charge < -0.3 is 4.74 Å². The summed E-state index contributed by atoms with van der Waals surface area (Å²) in [7, 11) is 0. The highest BCUT2D eigenvalue weighted by Gasteiger charge is 2.17. The highest BCUT2D eigenvalue weighted by molar-refractivity contribution is 7.14. The minimum Gasteiger partial charge on any atom is -0.379 e. The molecule has 5 rings (SSSR count). The Bertz CT molecular complexity index is 1210. The summed E-state index contributed by atoms with van der Waals surface area (Å²) in [5.74, 6) is -0.206. The number of nitrogens with one attached hydrogen (secondary N) is 1. The summed E-state index contributed by atoms with van der Waals surface area (Å²) in [6.45, 7) is 4.07. The molecule has 0 radical (unpaired) electrons. The van der Waals surface area contributed by atoms with Crippen LogP contribution in [0.4, 0.5) is 5.13 Å². The van der Waals surface area contributed by atoms with E-state index in [0.29, 0.717) is 16.4 Å². The maximum Gasteiger partial charge on any atom is 0.258 e. The van der Waals surface area contributed by atoms with Crippen molar-refractivity contribution < 1.29 is 9.53 Å². The summed E-state index contributed by atoms with van der Waals surface area (Å²) >= 11 is 1.44. The number of hydrogen-bond donors (Lipinski definition) is 1. The third-order valence-corrected chi connectivity index (χ3v) is 5.96. The number of amides is 1. The third kappa shape index (κ3) is 4.46. The number of ether oxygens (including phenoxy) is 1. The molecule has 1 aliphatic heterocycles. The van der Waals surface area contributed by atoms with Gasteiger partial charge in [-0.1, -0.05) is 24.3 Å². The van der Waals surface area contributed by atoms with Crippen LogP contribution in [-0.2, 0) is 11.3 Å². The molecule has 1 aliphatic rings. The summed E-state index contributed by atoms with van der Waals surface area (Å²) < 4.78 is 5.39. The number of carbonyl (C=O) groups excluding carboxylic acids is 1. The van der Waals surface area contributed by atoms with E-state index in [1.165, 1.54) is 11.3 Å². The molecule has 0 spiro atoms. The molecule has 1 amide bonds. The zero-order valence-electron chi connectivity index (χ0n) is 16.8. The van der Waals surface area contributed by atoms with Crippen LogP contribution < -0.4 is 5.32 Å². The second-order valence-electron chi connectivity index (χ2n) is 7.27. The fraction of sp³-hybridized carbons (Fsp3) is 0.217. The summed E-state index contributed by atoms with van der Waals surface area (Å²) in [6, 6.07) is 15.1. The summed E-state index contributed by atoms with van der Waals surface area (Å²) in [6.07, 6.45) is 1.72. The van der Waals surface area contributed by atoms with Gasteiger partial charge in [0.2, 0.25) is 0 Å². The van der Waals surface area contributed by atoms with Crippen molar-refractivity contribution in [1.82, 2.24) is 19.9 Å². The molecule has 0 aliphatic carbocycles. The van der Waals surface area contributed by atoms with Crippen LogP contribution in [0.5, 0.6) is 0 Å². The van der Waals surface area contributed by atoms with Gasteiger partial charge in [0.05, 0.1) is 41.4 Å². The summed E-state index contributed by atoms with van der Waals surface area (Å²) in [5, 5.41) is 6.35. The Labute approximate surface area is 183 Å². The molecule has 1 fully saturated rings. The molecule has 156 valence electrons. The van der Waals surface area contributed by atoms with E-state index in [2.05, 4.69) is 20.2 Å². The second kappa shape index (κ2) is 8.89. The minimum absolute atomic E-state index is 0.206. The van der Waals surface area contributed by atoms with Crippen molar-refractivity contribution in [2.24, 2.45) is 0 Å². The van der Waals surface area contributed by atoms with Gasteiger partial charge in [-0.2, -0.15) is 0 Å². The van der Waals surface area contributed by atoms with Gasteiger partial charge in [0.25, 0.3) is 5.91 Å². The molecule has 1 aromatic carbocycles. The Hall–Kier alpha value is -3.20. The molecule has 0 saturated carbocycles. The molecule has 0 bridgehead atoms. The van der Waals surface area contributed by atoms with Gasteiger partial charge in [-0.3, -0.25) is 20.0 Å². The number of para-hydroxylation sites is 1. The van der Waals surface area contributed by atoms with Crippen molar-refractivity contribution in [3.63, 3.8) is 0 Å². The van der Waals surface area contributed by atoms with E-state index in [1.807, 2.05) is 47.8 Å². The summed E-state index contributed by atoms with van der Waals surface area (Å²) in [5.41, 5.74) is 3.65. The predicted octanol–water partition coefficient (Wildman–Crippen LogP) is 3.84. The van der Waals surface area contributed by atoms with Crippen LogP contribution in [0.3, 0.4) is 0 Å². The molecule has 0 unspecified atom stereocenters. The Balaban J connectivity index is 1.40. The smallest absolute Gasteiger partial charge is 0.258 e. The van der Waals surface area contributed by atoms with E-state index in [9.17, 15) is 4.79 Å². The first kappa shape index (κ1) is 19.7.